The summed E-state index contributed by atoms with van der Waals surface area (Å²) in [5.41, 5.74) is 3.25. The molecule has 0 bridgehead atoms. The van der Waals surface area contributed by atoms with Crippen molar-refractivity contribution in [2.75, 3.05) is 13.1 Å². The molecule has 1 atom stereocenters. The summed E-state index contributed by atoms with van der Waals surface area (Å²) in [6.45, 7) is 4.14. The number of fused-ring (bicyclic) bond motifs is 1. The van der Waals surface area contributed by atoms with E-state index in [4.69, 9.17) is 5.11 Å². The molecule has 1 unspecified atom stereocenters. The summed E-state index contributed by atoms with van der Waals surface area (Å²) in [4.78, 5) is 22.3. The van der Waals surface area contributed by atoms with Gasteiger partial charge in [0.15, 0.2) is 5.82 Å². The fraction of sp³-hybridized carbons (Fsp3) is 0.346. The molecule has 0 saturated carbocycles. The number of carboxylic acid groups (broad SMARTS) is 1. The van der Waals surface area contributed by atoms with E-state index in [0.717, 1.165) is 24.2 Å². The van der Waals surface area contributed by atoms with Crippen LogP contribution in [0.25, 0.3) is 11.4 Å². The summed E-state index contributed by atoms with van der Waals surface area (Å²) in [5, 5.41) is 8.96. The molecule has 172 valence electrons. The molecule has 7 heteroatoms. The van der Waals surface area contributed by atoms with Crippen molar-refractivity contribution >= 4 is 5.97 Å². The first-order valence-corrected chi connectivity index (χ1v) is 11.1. The molecule has 0 saturated heterocycles. The van der Waals surface area contributed by atoms with Gasteiger partial charge in [-0.3, -0.25) is 9.69 Å². The number of aliphatic carboxylic acids is 1. The molecule has 1 aliphatic heterocycles. The van der Waals surface area contributed by atoms with Crippen molar-refractivity contribution in [1.29, 1.82) is 0 Å². The van der Waals surface area contributed by atoms with E-state index < -0.39 is 11.9 Å². The number of rotatable bonds is 8. The Morgan fingerprint density at radius 1 is 1.15 bits per heavy atom. The van der Waals surface area contributed by atoms with Gasteiger partial charge in [-0.15, -0.1) is 0 Å². The highest BCUT2D eigenvalue weighted by Crippen LogP contribution is 2.33. The standard InChI is InChI=1S/C26H27F2N3O2/c1-18(13-24(32)33)16-31-12-11-23-21(17-31)15-29-25(30-23)20-7-9-22(10-8-20)26(27,28)14-19-5-3-2-4-6-19/h2-10,15,18H,11-14,16-17H2,1H3,(H,32,33). The lowest BCUT2D eigenvalue weighted by Gasteiger charge is -2.29. The molecule has 1 aromatic heterocycles. The Morgan fingerprint density at radius 2 is 1.88 bits per heavy atom. The zero-order valence-corrected chi connectivity index (χ0v) is 18.5. The third-order valence-electron chi connectivity index (χ3n) is 5.94. The first-order chi connectivity index (χ1) is 15.8. The second-order valence-corrected chi connectivity index (χ2v) is 8.80. The number of nitrogens with zero attached hydrogens (tertiary/aromatic N) is 3. The lowest BCUT2D eigenvalue weighted by molar-refractivity contribution is -0.138. The van der Waals surface area contributed by atoms with Gasteiger partial charge in [0.1, 0.15) is 0 Å². The highest BCUT2D eigenvalue weighted by Gasteiger charge is 2.31. The summed E-state index contributed by atoms with van der Waals surface area (Å²) in [6, 6.07) is 15.0. The number of carboxylic acids is 1. The van der Waals surface area contributed by atoms with Gasteiger partial charge in [-0.05, 0) is 11.5 Å². The van der Waals surface area contributed by atoms with Crippen LogP contribution in [0.3, 0.4) is 0 Å². The summed E-state index contributed by atoms with van der Waals surface area (Å²) >= 11 is 0. The van der Waals surface area contributed by atoms with Crippen molar-refractivity contribution in [3.8, 4) is 11.4 Å². The molecule has 4 rings (SSSR count). The minimum Gasteiger partial charge on any atom is -0.481 e. The molecule has 2 heterocycles. The first-order valence-electron chi connectivity index (χ1n) is 11.1. The molecular formula is C26H27F2N3O2. The predicted molar refractivity (Wildman–Crippen MR) is 122 cm³/mol. The van der Waals surface area contributed by atoms with Gasteiger partial charge in [-0.1, -0.05) is 61.5 Å². The number of benzene rings is 2. The lowest BCUT2D eigenvalue weighted by atomic mass is 9.99. The number of aromatic nitrogens is 2. The average molecular weight is 452 g/mol. The van der Waals surface area contributed by atoms with Crippen molar-refractivity contribution in [3.63, 3.8) is 0 Å². The van der Waals surface area contributed by atoms with E-state index in [0.29, 0.717) is 30.0 Å². The van der Waals surface area contributed by atoms with Crippen LogP contribution in [-0.4, -0.2) is 39.0 Å². The number of carbonyl (C=O) groups is 1. The van der Waals surface area contributed by atoms with Crippen LogP contribution in [0.2, 0.25) is 0 Å². The van der Waals surface area contributed by atoms with Crippen LogP contribution in [0.15, 0.2) is 60.8 Å². The summed E-state index contributed by atoms with van der Waals surface area (Å²) in [5.74, 6) is -3.14. The van der Waals surface area contributed by atoms with Crippen LogP contribution in [0, 0.1) is 5.92 Å². The van der Waals surface area contributed by atoms with Gasteiger partial charge in [0.25, 0.3) is 5.92 Å². The van der Waals surface area contributed by atoms with Crippen LogP contribution < -0.4 is 0 Å². The molecule has 1 aliphatic rings. The molecule has 1 N–H and O–H groups in total. The van der Waals surface area contributed by atoms with Crippen molar-refractivity contribution in [3.05, 3.63) is 83.2 Å². The highest BCUT2D eigenvalue weighted by atomic mass is 19.3. The minimum atomic E-state index is -2.96. The Hall–Kier alpha value is -3.19. The fourth-order valence-corrected chi connectivity index (χ4v) is 4.29. The van der Waals surface area contributed by atoms with E-state index in [-0.39, 0.29) is 24.3 Å². The second-order valence-electron chi connectivity index (χ2n) is 8.80. The van der Waals surface area contributed by atoms with Crippen molar-refractivity contribution < 1.29 is 18.7 Å². The smallest absolute Gasteiger partial charge is 0.303 e. The van der Waals surface area contributed by atoms with Gasteiger partial charge in [0, 0.05) is 61.8 Å². The minimum absolute atomic E-state index is 0.0285. The molecule has 3 aromatic rings. The van der Waals surface area contributed by atoms with Gasteiger partial charge < -0.3 is 5.11 Å². The normalized spacial score (nSPS) is 15.1. The number of hydrogen-bond donors (Lipinski definition) is 1. The first kappa shape index (κ1) is 23.0. The van der Waals surface area contributed by atoms with Gasteiger partial charge in [-0.25, -0.2) is 18.7 Å². The van der Waals surface area contributed by atoms with Crippen LogP contribution in [-0.2, 0) is 30.1 Å². The van der Waals surface area contributed by atoms with Crippen molar-refractivity contribution in [2.45, 2.75) is 38.7 Å². The van der Waals surface area contributed by atoms with Gasteiger partial charge in [0.05, 0.1) is 5.69 Å². The zero-order valence-electron chi connectivity index (χ0n) is 18.5. The molecule has 0 spiro atoms. The quantitative estimate of drug-likeness (QED) is 0.525. The molecular weight excluding hydrogens is 424 g/mol. The van der Waals surface area contributed by atoms with Crippen LogP contribution in [0.5, 0.6) is 0 Å². The number of hydrogen-bond acceptors (Lipinski definition) is 4. The molecule has 2 aromatic carbocycles. The third kappa shape index (κ3) is 5.79. The molecule has 5 nitrogen and oxygen atoms in total. The van der Waals surface area contributed by atoms with Crippen LogP contribution >= 0.6 is 0 Å². The lowest BCUT2D eigenvalue weighted by Crippen LogP contribution is -2.35. The number of halogens is 2. The predicted octanol–water partition coefficient (Wildman–Crippen LogP) is 4.95. The van der Waals surface area contributed by atoms with Gasteiger partial charge in [0.2, 0.25) is 0 Å². The zero-order chi connectivity index (χ0) is 23.4. The van der Waals surface area contributed by atoms with Crippen LogP contribution in [0.1, 0.15) is 35.7 Å². The molecule has 33 heavy (non-hydrogen) atoms. The Morgan fingerprint density at radius 3 is 2.58 bits per heavy atom. The van der Waals surface area contributed by atoms with Crippen LogP contribution in [0.4, 0.5) is 8.78 Å². The van der Waals surface area contributed by atoms with E-state index in [1.54, 1.807) is 42.6 Å². The molecule has 0 radical (unpaired) electrons. The van der Waals surface area contributed by atoms with Gasteiger partial charge in [-0.2, -0.15) is 0 Å². The average Bonchev–Trinajstić information content (AvgIpc) is 2.78. The maximum absolute atomic E-state index is 14.7. The second kappa shape index (κ2) is 9.75. The van der Waals surface area contributed by atoms with E-state index in [2.05, 4.69) is 14.9 Å². The number of alkyl halides is 2. The summed E-state index contributed by atoms with van der Waals surface area (Å²) < 4.78 is 29.5. The molecule has 0 amide bonds. The monoisotopic (exact) mass is 451 g/mol. The maximum atomic E-state index is 14.7. The van der Waals surface area contributed by atoms with E-state index in [1.807, 2.05) is 13.0 Å². The fourth-order valence-electron chi connectivity index (χ4n) is 4.29. The van der Waals surface area contributed by atoms with E-state index in [1.165, 1.54) is 12.1 Å². The molecule has 0 fully saturated rings. The maximum Gasteiger partial charge on any atom is 0.303 e. The Kier molecular flexibility index (Phi) is 6.79. The summed E-state index contributed by atoms with van der Waals surface area (Å²) in [7, 11) is 0. The van der Waals surface area contributed by atoms with Crippen molar-refractivity contribution in [1.82, 2.24) is 14.9 Å². The van der Waals surface area contributed by atoms with E-state index >= 15 is 0 Å². The van der Waals surface area contributed by atoms with Crippen molar-refractivity contribution in [2.24, 2.45) is 5.92 Å². The largest absolute Gasteiger partial charge is 0.481 e. The summed E-state index contributed by atoms with van der Waals surface area (Å²) in [6.07, 6.45) is 2.35. The Labute approximate surface area is 192 Å². The van der Waals surface area contributed by atoms with Gasteiger partial charge >= 0.3 is 5.97 Å². The SMILES string of the molecule is CC(CC(=O)O)CN1CCc2nc(-c3ccc(C(F)(F)Cc4ccccc4)cc3)ncc2C1. The Bertz CT molecular complexity index is 1100. The molecule has 0 aliphatic carbocycles. The Balaban J connectivity index is 1.44. The topological polar surface area (TPSA) is 66.3 Å². The van der Waals surface area contributed by atoms with E-state index in [9.17, 15) is 13.6 Å². The highest BCUT2D eigenvalue weighted by molar-refractivity contribution is 5.67. The third-order valence-corrected chi connectivity index (χ3v) is 5.94.